The second-order valence-electron chi connectivity index (χ2n) is 3.18. The van der Waals surface area contributed by atoms with E-state index in [4.69, 9.17) is 39.5 Å². The fourth-order valence-electron chi connectivity index (χ4n) is 1.34. The van der Waals surface area contributed by atoms with Gasteiger partial charge in [-0.15, -0.1) is 0 Å². The topological polar surface area (TPSA) is 21.3 Å². The molecule has 0 unspecified atom stereocenters. The molecule has 0 saturated heterocycles. The molecular formula is C11H12Cl3NO. The van der Waals surface area contributed by atoms with Gasteiger partial charge in [-0.1, -0.05) is 34.8 Å². The van der Waals surface area contributed by atoms with Crippen LogP contribution < -0.4 is 10.1 Å². The Bertz CT molecular complexity index is 377. The zero-order valence-corrected chi connectivity index (χ0v) is 11.2. The minimum Gasteiger partial charge on any atom is -0.495 e. The molecule has 16 heavy (non-hydrogen) atoms. The zero-order chi connectivity index (χ0) is 12.1. The van der Waals surface area contributed by atoms with Gasteiger partial charge in [-0.3, -0.25) is 0 Å². The summed E-state index contributed by atoms with van der Waals surface area (Å²) in [6, 6.07) is 3.74. The average molecular weight is 281 g/mol. The first-order chi connectivity index (χ1) is 7.54. The molecule has 1 N–H and O–H groups in total. The van der Waals surface area contributed by atoms with Crippen LogP contribution in [0, 0.1) is 6.92 Å². The van der Waals surface area contributed by atoms with Gasteiger partial charge in [0.1, 0.15) is 10.2 Å². The number of hydrogen-bond donors (Lipinski definition) is 1. The van der Waals surface area contributed by atoms with Crippen LogP contribution in [0.25, 0.3) is 0 Å². The Balaban J connectivity index is 2.80. The molecule has 1 aromatic carbocycles. The molecule has 0 heterocycles. The fraction of sp³-hybridized carbons (Fsp3) is 0.273. The van der Waals surface area contributed by atoms with E-state index in [-0.39, 0.29) is 4.49 Å². The quantitative estimate of drug-likeness (QED) is 0.883. The van der Waals surface area contributed by atoms with Crippen molar-refractivity contribution in [2.75, 3.05) is 19.0 Å². The van der Waals surface area contributed by atoms with Crippen LogP contribution in [0.15, 0.2) is 22.7 Å². The molecule has 0 aliphatic rings. The van der Waals surface area contributed by atoms with Crippen LogP contribution in [-0.2, 0) is 0 Å². The van der Waals surface area contributed by atoms with Gasteiger partial charge in [-0.2, -0.15) is 0 Å². The highest BCUT2D eigenvalue weighted by molar-refractivity contribution is 6.55. The van der Waals surface area contributed by atoms with Gasteiger partial charge in [0.05, 0.1) is 12.1 Å². The van der Waals surface area contributed by atoms with Gasteiger partial charge in [-0.25, -0.2) is 0 Å². The van der Waals surface area contributed by atoms with E-state index in [1.807, 2.05) is 13.0 Å². The third-order valence-electron chi connectivity index (χ3n) is 2.00. The van der Waals surface area contributed by atoms with Crippen LogP contribution >= 0.6 is 34.8 Å². The standard InChI is InChI=1S/C11H12Cl3NO/c1-7-5-8(15-4-3-10(13)14)6-9(12)11(7)16-2/h3,5-6,15H,4H2,1-2H3. The van der Waals surface area contributed by atoms with Crippen molar-refractivity contribution in [3.05, 3.63) is 33.3 Å². The van der Waals surface area contributed by atoms with Crippen LogP contribution in [0.3, 0.4) is 0 Å². The molecule has 0 radical (unpaired) electrons. The van der Waals surface area contributed by atoms with Crippen LogP contribution in [0.1, 0.15) is 5.56 Å². The lowest BCUT2D eigenvalue weighted by Crippen LogP contribution is -1.99. The Hall–Kier alpha value is -0.570. The monoisotopic (exact) mass is 279 g/mol. The number of halogens is 3. The second kappa shape index (κ2) is 6.24. The van der Waals surface area contributed by atoms with Gasteiger partial charge in [0, 0.05) is 12.2 Å². The third kappa shape index (κ3) is 3.78. The minimum atomic E-state index is 0.240. The molecule has 0 saturated carbocycles. The smallest absolute Gasteiger partial charge is 0.140 e. The minimum absolute atomic E-state index is 0.240. The maximum Gasteiger partial charge on any atom is 0.140 e. The molecule has 0 spiro atoms. The van der Waals surface area contributed by atoms with E-state index in [1.54, 1.807) is 19.3 Å². The highest BCUT2D eigenvalue weighted by atomic mass is 35.5. The zero-order valence-electron chi connectivity index (χ0n) is 8.98. The van der Waals surface area contributed by atoms with Crippen molar-refractivity contribution in [3.8, 4) is 5.75 Å². The number of methoxy groups -OCH3 is 1. The number of aryl methyl sites for hydroxylation is 1. The van der Waals surface area contributed by atoms with Gasteiger partial charge < -0.3 is 10.1 Å². The fourth-order valence-corrected chi connectivity index (χ4v) is 1.84. The van der Waals surface area contributed by atoms with E-state index in [0.29, 0.717) is 17.3 Å². The molecule has 0 aromatic heterocycles. The number of ether oxygens (including phenoxy) is 1. The molecule has 0 bridgehead atoms. The van der Waals surface area contributed by atoms with E-state index in [1.165, 1.54) is 0 Å². The predicted molar refractivity (Wildman–Crippen MR) is 71.0 cm³/mol. The molecule has 1 rings (SSSR count). The van der Waals surface area contributed by atoms with E-state index >= 15 is 0 Å². The van der Waals surface area contributed by atoms with Crippen LogP contribution in [0.2, 0.25) is 5.02 Å². The highest BCUT2D eigenvalue weighted by Crippen LogP contribution is 2.31. The number of rotatable bonds is 4. The van der Waals surface area contributed by atoms with Gasteiger partial charge in [0.25, 0.3) is 0 Å². The van der Waals surface area contributed by atoms with E-state index in [2.05, 4.69) is 5.32 Å². The number of hydrogen-bond acceptors (Lipinski definition) is 2. The Morgan fingerprint density at radius 1 is 1.44 bits per heavy atom. The van der Waals surface area contributed by atoms with Crippen molar-refractivity contribution in [3.63, 3.8) is 0 Å². The molecular weight excluding hydrogens is 268 g/mol. The Labute approximate surface area is 110 Å². The molecule has 0 fully saturated rings. The Morgan fingerprint density at radius 2 is 2.12 bits per heavy atom. The summed E-state index contributed by atoms with van der Waals surface area (Å²) in [7, 11) is 1.59. The molecule has 0 atom stereocenters. The first kappa shape index (κ1) is 13.5. The summed E-state index contributed by atoms with van der Waals surface area (Å²) in [5.74, 6) is 0.693. The maximum atomic E-state index is 6.04. The summed E-state index contributed by atoms with van der Waals surface area (Å²) in [5, 5.41) is 3.70. The molecule has 5 heteroatoms. The number of benzene rings is 1. The normalized spacial score (nSPS) is 9.81. The lowest BCUT2D eigenvalue weighted by molar-refractivity contribution is 0.412. The molecule has 0 aliphatic heterocycles. The second-order valence-corrected chi connectivity index (χ2v) is 4.60. The third-order valence-corrected chi connectivity index (χ3v) is 2.59. The van der Waals surface area contributed by atoms with Crippen LogP contribution in [0.5, 0.6) is 5.75 Å². The molecule has 2 nitrogen and oxygen atoms in total. The number of anilines is 1. The predicted octanol–water partition coefficient (Wildman–Crippen LogP) is 4.39. The molecule has 1 aromatic rings. The summed E-state index contributed by atoms with van der Waals surface area (Å²) in [6.45, 7) is 2.48. The number of nitrogens with one attached hydrogen (secondary N) is 1. The SMILES string of the molecule is COc1c(C)cc(NCC=C(Cl)Cl)cc1Cl. The van der Waals surface area contributed by atoms with Crippen molar-refractivity contribution >= 4 is 40.5 Å². The van der Waals surface area contributed by atoms with E-state index in [9.17, 15) is 0 Å². The van der Waals surface area contributed by atoms with Crippen molar-refractivity contribution in [1.29, 1.82) is 0 Å². The first-order valence-electron chi connectivity index (χ1n) is 4.63. The Morgan fingerprint density at radius 3 is 2.62 bits per heavy atom. The lowest BCUT2D eigenvalue weighted by Gasteiger charge is -2.10. The molecule has 88 valence electrons. The van der Waals surface area contributed by atoms with Crippen molar-refractivity contribution < 1.29 is 4.74 Å². The van der Waals surface area contributed by atoms with E-state index in [0.717, 1.165) is 11.3 Å². The highest BCUT2D eigenvalue weighted by Gasteiger charge is 2.06. The van der Waals surface area contributed by atoms with Gasteiger partial charge >= 0.3 is 0 Å². The van der Waals surface area contributed by atoms with Gasteiger partial charge in [0.15, 0.2) is 0 Å². The molecule has 0 aliphatic carbocycles. The van der Waals surface area contributed by atoms with E-state index < -0.39 is 0 Å². The van der Waals surface area contributed by atoms with Gasteiger partial charge in [-0.05, 0) is 30.7 Å². The van der Waals surface area contributed by atoms with Crippen molar-refractivity contribution in [2.24, 2.45) is 0 Å². The largest absolute Gasteiger partial charge is 0.495 e. The van der Waals surface area contributed by atoms with Gasteiger partial charge in [0.2, 0.25) is 0 Å². The summed E-state index contributed by atoms with van der Waals surface area (Å²) in [6.07, 6.45) is 1.66. The van der Waals surface area contributed by atoms with Crippen molar-refractivity contribution in [2.45, 2.75) is 6.92 Å². The first-order valence-corrected chi connectivity index (χ1v) is 5.77. The average Bonchev–Trinajstić information content (AvgIpc) is 2.16. The van der Waals surface area contributed by atoms with Crippen LogP contribution in [0.4, 0.5) is 5.69 Å². The molecule has 0 amide bonds. The summed E-state index contributed by atoms with van der Waals surface area (Å²) in [5.41, 5.74) is 1.87. The maximum absolute atomic E-state index is 6.04. The summed E-state index contributed by atoms with van der Waals surface area (Å²) in [4.78, 5) is 0. The lowest BCUT2D eigenvalue weighted by atomic mass is 10.2. The summed E-state index contributed by atoms with van der Waals surface area (Å²) >= 11 is 17.0. The van der Waals surface area contributed by atoms with Crippen LogP contribution in [-0.4, -0.2) is 13.7 Å². The van der Waals surface area contributed by atoms with Crippen molar-refractivity contribution in [1.82, 2.24) is 0 Å². The summed E-state index contributed by atoms with van der Waals surface area (Å²) < 4.78 is 5.40. The Kier molecular flexibility index (Phi) is 5.26.